The molecule has 1 aliphatic heterocycles. The minimum atomic E-state index is -0.690. The fraction of sp³-hybridized carbons (Fsp3) is 0.333. The molecule has 1 aromatic carbocycles. The summed E-state index contributed by atoms with van der Waals surface area (Å²) in [7, 11) is 0. The maximum Gasteiger partial charge on any atom is 0.270 e. The average molecular weight is 296 g/mol. The van der Waals surface area contributed by atoms with E-state index in [1.807, 2.05) is 6.07 Å². The Morgan fingerprint density at radius 2 is 2.35 bits per heavy atom. The van der Waals surface area contributed by atoms with Gasteiger partial charge in [-0.25, -0.2) is 0 Å². The van der Waals surface area contributed by atoms with Crippen LogP contribution in [0.5, 0.6) is 0 Å². The van der Waals surface area contributed by atoms with Crippen molar-refractivity contribution in [3.63, 3.8) is 0 Å². The Balaban J connectivity index is 2.26. The van der Waals surface area contributed by atoms with E-state index in [1.54, 1.807) is 0 Å². The normalized spacial score (nSPS) is 18.4. The smallest absolute Gasteiger partial charge is 0.270 e. The predicted octanol–water partition coefficient (Wildman–Crippen LogP) is 1.61. The monoisotopic (exact) mass is 295 g/mol. The lowest BCUT2D eigenvalue weighted by molar-refractivity contribution is -0.384. The van der Waals surface area contributed by atoms with Crippen molar-refractivity contribution in [3.8, 4) is 6.07 Å². The van der Waals surface area contributed by atoms with Crippen LogP contribution >= 0.6 is 11.6 Å². The third-order valence-electron chi connectivity index (χ3n) is 2.89. The molecule has 1 aromatic rings. The SMILES string of the molecule is N#CC1CN(C(=O)c2cc([N+](=O)[O-])ccc2Cl)CCO1. The number of nitro benzene ring substituents is 1. The van der Waals surface area contributed by atoms with Gasteiger partial charge < -0.3 is 9.64 Å². The van der Waals surface area contributed by atoms with E-state index in [0.717, 1.165) is 6.07 Å². The van der Waals surface area contributed by atoms with Gasteiger partial charge in [-0.2, -0.15) is 5.26 Å². The molecule has 0 saturated carbocycles. The molecular weight excluding hydrogens is 286 g/mol. The van der Waals surface area contributed by atoms with E-state index in [-0.39, 0.29) is 29.4 Å². The quantitative estimate of drug-likeness (QED) is 0.610. The molecule has 0 spiro atoms. The number of carbonyl (C=O) groups excluding carboxylic acids is 1. The lowest BCUT2D eigenvalue weighted by atomic mass is 10.1. The molecule has 2 rings (SSSR count). The summed E-state index contributed by atoms with van der Waals surface area (Å²) in [5.41, 5.74) is -0.151. The van der Waals surface area contributed by atoms with Crippen LogP contribution in [-0.4, -0.2) is 41.5 Å². The highest BCUT2D eigenvalue weighted by Gasteiger charge is 2.27. The molecule has 0 aromatic heterocycles. The Labute approximate surface area is 119 Å². The van der Waals surface area contributed by atoms with Gasteiger partial charge in [0.1, 0.15) is 0 Å². The van der Waals surface area contributed by atoms with Crippen LogP contribution in [0.2, 0.25) is 5.02 Å². The van der Waals surface area contributed by atoms with Gasteiger partial charge >= 0.3 is 0 Å². The molecular formula is C12H10ClN3O4. The van der Waals surface area contributed by atoms with Crippen LogP contribution in [0.25, 0.3) is 0 Å². The minimum absolute atomic E-state index is 0.0551. The van der Waals surface area contributed by atoms with Crippen molar-refractivity contribution in [2.75, 3.05) is 19.7 Å². The molecule has 1 unspecified atom stereocenters. The summed E-state index contributed by atoms with van der Waals surface area (Å²) in [6.45, 7) is 0.681. The van der Waals surface area contributed by atoms with E-state index < -0.39 is 16.9 Å². The van der Waals surface area contributed by atoms with Crippen LogP contribution in [-0.2, 0) is 4.74 Å². The number of nitro groups is 1. The third kappa shape index (κ3) is 2.87. The average Bonchev–Trinajstić information content (AvgIpc) is 2.46. The van der Waals surface area contributed by atoms with E-state index in [2.05, 4.69) is 0 Å². The Bertz CT molecular complexity index is 599. The first-order chi connectivity index (χ1) is 9.52. The Kier molecular flexibility index (Phi) is 4.17. The Morgan fingerprint density at radius 3 is 3.00 bits per heavy atom. The highest BCUT2D eigenvalue weighted by Crippen LogP contribution is 2.24. The minimum Gasteiger partial charge on any atom is -0.360 e. The van der Waals surface area contributed by atoms with Crippen molar-refractivity contribution in [2.24, 2.45) is 0 Å². The molecule has 1 aliphatic rings. The van der Waals surface area contributed by atoms with Crippen molar-refractivity contribution in [2.45, 2.75) is 6.10 Å². The second kappa shape index (κ2) is 5.86. The van der Waals surface area contributed by atoms with Crippen molar-refractivity contribution >= 4 is 23.2 Å². The summed E-state index contributed by atoms with van der Waals surface area (Å²) in [6, 6.07) is 5.61. The third-order valence-corrected chi connectivity index (χ3v) is 3.22. The highest BCUT2D eigenvalue weighted by molar-refractivity contribution is 6.33. The van der Waals surface area contributed by atoms with Crippen LogP contribution in [0.15, 0.2) is 18.2 Å². The molecule has 104 valence electrons. The maximum atomic E-state index is 12.3. The number of halogens is 1. The molecule has 0 aliphatic carbocycles. The lowest BCUT2D eigenvalue weighted by Gasteiger charge is -2.29. The van der Waals surface area contributed by atoms with Crippen LogP contribution in [0.4, 0.5) is 5.69 Å². The molecule has 1 saturated heterocycles. The highest BCUT2D eigenvalue weighted by atomic mass is 35.5. The number of nitrogens with zero attached hydrogens (tertiary/aromatic N) is 3. The number of non-ortho nitro benzene ring substituents is 1. The zero-order chi connectivity index (χ0) is 14.7. The fourth-order valence-corrected chi connectivity index (χ4v) is 2.07. The molecule has 1 atom stereocenters. The number of hydrogen-bond acceptors (Lipinski definition) is 5. The number of nitriles is 1. The van der Waals surface area contributed by atoms with Gasteiger partial charge in [0, 0.05) is 18.7 Å². The molecule has 0 bridgehead atoms. The summed E-state index contributed by atoms with van der Waals surface area (Å²) in [6.07, 6.45) is -0.690. The van der Waals surface area contributed by atoms with E-state index in [9.17, 15) is 14.9 Å². The summed E-state index contributed by atoms with van der Waals surface area (Å²) < 4.78 is 5.14. The zero-order valence-corrected chi connectivity index (χ0v) is 11.0. The molecule has 0 radical (unpaired) electrons. The van der Waals surface area contributed by atoms with Crippen LogP contribution in [0.3, 0.4) is 0 Å². The molecule has 0 N–H and O–H groups in total. The number of hydrogen-bond donors (Lipinski definition) is 0. The Morgan fingerprint density at radius 1 is 1.60 bits per heavy atom. The molecule has 20 heavy (non-hydrogen) atoms. The predicted molar refractivity (Wildman–Crippen MR) is 69.4 cm³/mol. The van der Waals surface area contributed by atoms with Gasteiger partial charge in [0.15, 0.2) is 6.10 Å². The van der Waals surface area contributed by atoms with Crippen LogP contribution in [0, 0.1) is 21.4 Å². The number of benzene rings is 1. The van der Waals surface area contributed by atoms with Gasteiger partial charge in [0.05, 0.1) is 34.7 Å². The molecule has 1 heterocycles. The van der Waals surface area contributed by atoms with E-state index in [4.69, 9.17) is 21.6 Å². The maximum absolute atomic E-state index is 12.3. The summed E-state index contributed by atoms with van der Waals surface area (Å²) in [4.78, 5) is 23.9. The van der Waals surface area contributed by atoms with E-state index in [1.165, 1.54) is 17.0 Å². The molecule has 1 amide bonds. The lowest BCUT2D eigenvalue weighted by Crippen LogP contribution is -2.45. The topological polar surface area (TPSA) is 96.5 Å². The number of ether oxygens (including phenoxy) is 1. The van der Waals surface area contributed by atoms with Crippen LogP contribution < -0.4 is 0 Å². The number of amides is 1. The van der Waals surface area contributed by atoms with E-state index in [0.29, 0.717) is 6.54 Å². The van der Waals surface area contributed by atoms with Gasteiger partial charge in [-0.1, -0.05) is 11.6 Å². The number of rotatable bonds is 2. The number of morpholine rings is 1. The van der Waals surface area contributed by atoms with Gasteiger partial charge in [-0.15, -0.1) is 0 Å². The first kappa shape index (κ1) is 14.2. The first-order valence-corrected chi connectivity index (χ1v) is 6.15. The second-order valence-electron chi connectivity index (χ2n) is 4.16. The second-order valence-corrected chi connectivity index (χ2v) is 4.57. The molecule has 1 fully saturated rings. The fourth-order valence-electron chi connectivity index (χ4n) is 1.87. The van der Waals surface area contributed by atoms with Crippen molar-refractivity contribution < 1.29 is 14.5 Å². The van der Waals surface area contributed by atoms with Gasteiger partial charge in [-0.3, -0.25) is 14.9 Å². The molecule has 8 heteroatoms. The van der Waals surface area contributed by atoms with Gasteiger partial charge in [-0.05, 0) is 6.07 Å². The van der Waals surface area contributed by atoms with E-state index >= 15 is 0 Å². The first-order valence-electron chi connectivity index (χ1n) is 5.77. The van der Waals surface area contributed by atoms with Gasteiger partial charge in [0.2, 0.25) is 0 Å². The van der Waals surface area contributed by atoms with Gasteiger partial charge in [0.25, 0.3) is 11.6 Å². The summed E-state index contributed by atoms with van der Waals surface area (Å²) in [5.74, 6) is -0.442. The van der Waals surface area contributed by atoms with Crippen molar-refractivity contribution in [3.05, 3.63) is 38.9 Å². The summed E-state index contributed by atoms with van der Waals surface area (Å²) >= 11 is 5.92. The van der Waals surface area contributed by atoms with Crippen molar-refractivity contribution in [1.29, 1.82) is 5.26 Å². The summed E-state index contributed by atoms with van der Waals surface area (Å²) in [5, 5.41) is 19.7. The van der Waals surface area contributed by atoms with Crippen LogP contribution in [0.1, 0.15) is 10.4 Å². The number of carbonyl (C=O) groups is 1. The largest absolute Gasteiger partial charge is 0.360 e. The standard InChI is InChI=1S/C12H10ClN3O4/c13-11-2-1-8(16(18)19)5-10(11)12(17)15-3-4-20-9(6-14)7-15/h1-2,5,9H,3-4,7H2. The zero-order valence-electron chi connectivity index (χ0n) is 10.3. The Hall–Kier alpha value is -2.17. The molecule has 7 nitrogen and oxygen atoms in total. The van der Waals surface area contributed by atoms with Crippen molar-refractivity contribution in [1.82, 2.24) is 4.90 Å².